The Labute approximate surface area is 141 Å². The van der Waals surface area contributed by atoms with Crippen molar-refractivity contribution in [3.8, 4) is 5.75 Å². The van der Waals surface area contributed by atoms with Crippen LogP contribution in [0.25, 0.3) is 10.9 Å². The summed E-state index contributed by atoms with van der Waals surface area (Å²) in [6.07, 6.45) is 2.18. The van der Waals surface area contributed by atoms with Crippen LogP contribution in [0.15, 0.2) is 36.5 Å². The van der Waals surface area contributed by atoms with Crippen LogP contribution in [-0.4, -0.2) is 54.9 Å². The van der Waals surface area contributed by atoms with Gasteiger partial charge in [0.1, 0.15) is 11.3 Å². The lowest BCUT2D eigenvalue weighted by molar-refractivity contribution is -0.135. The molecule has 24 heavy (non-hydrogen) atoms. The maximum Gasteiger partial charge on any atom is 0.260 e. The fourth-order valence-electron chi connectivity index (χ4n) is 3.07. The Kier molecular flexibility index (Phi) is 4.71. The molecule has 1 atom stereocenters. The minimum atomic E-state index is -3.02. The molecule has 1 amide bonds. The number of pyridine rings is 1. The standard InChI is InChI=1S/C17H20N2O4S/c1-2-19(14-8-10-24(21,22)12-14)16(20)11-23-15-7-3-5-13-6-4-9-18-17(13)15/h3-7,9,14H,2,8,10-12H2,1H3/t14-/m1/s1. The van der Waals surface area contributed by atoms with Crippen LogP contribution < -0.4 is 4.74 Å². The number of amides is 1. The fourth-order valence-corrected chi connectivity index (χ4v) is 4.81. The Balaban J connectivity index is 1.70. The number of hydrogen-bond donors (Lipinski definition) is 0. The van der Waals surface area contributed by atoms with Gasteiger partial charge in [-0.1, -0.05) is 18.2 Å². The van der Waals surface area contributed by atoms with Crippen LogP contribution in [0, 0.1) is 0 Å². The number of ether oxygens (including phenoxy) is 1. The molecule has 1 fully saturated rings. The largest absolute Gasteiger partial charge is 0.481 e. The van der Waals surface area contributed by atoms with Gasteiger partial charge in [-0.3, -0.25) is 9.78 Å². The molecule has 0 radical (unpaired) electrons. The van der Waals surface area contributed by atoms with Crippen molar-refractivity contribution in [3.63, 3.8) is 0 Å². The monoisotopic (exact) mass is 348 g/mol. The first-order chi connectivity index (χ1) is 11.5. The summed E-state index contributed by atoms with van der Waals surface area (Å²) in [5, 5.41) is 0.941. The van der Waals surface area contributed by atoms with Crippen LogP contribution in [0.3, 0.4) is 0 Å². The van der Waals surface area contributed by atoms with E-state index in [0.717, 1.165) is 5.39 Å². The van der Waals surface area contributed by atoms with Gasteiger partial charge in [0.15, 0.2) is 16.4 Å². The third kappa shape index (κ3) is 3.51. The summed E-state index contributed by atoms with van der Waals surface area (Å²) in [4.78, 5) is 18.4. The molecule has 0 spiro atoms. The second-order valence-corrected chi connectivity index (χ2v) is 8.09. The Morgan fingerprint density at radius 2 is 2.12 bits per heavy atom. The Morgan fingerprint density at radius 1 is 1.33 bits per heavy atom. The van der Waals surface area contributed by atoms with Crippen molar-refractivity contribution < 1.29 is 17.9 Å². The van der Waals surface area contributed by atoms with Gasteiger partial charge in [0.05, 0.1) is 11.5 Å². The SMILES string of the molecule is CCN(C(=O)COc1cccc2cccnc12)[C@@H]1CCS(=O)(=O)C1. The molecule has 0 saturated carbocycles. The molecule has 3 rings (SSSR count). The van der Waals surface area contributed by atoms with E-state index in [-0.39, 0.29) is 30.1 Å². The topological polar surface area (TPSA) is 76.6 Å². The van der Waals surface area contributed by atoms with Gasteiger partial charge >= 0.3 is 0 Å². The average Bonchev–Trinajstić information content (AvgIpc) is 2.93. The highest BCUT2D eigenvalue weighted by atomic mass is 32.2. The molecule has 1 aromatic heterocycles. The Morgan fingerprint density at radius 3 is 2.83 bits per heavy atom. The third-order valence-corrected chi connectivity index (χ3v) is 6.01. The maximum atomic E-state index is 12.5. The fraction of sp³-hybridized carbons (Fsp3) is 0.412. The molecule has 2 aromatic rings. The number of likely N-dealkylation sites (N-methyl/N-ethyl adjacent to an activating group) is 1. The summed E-state index contributed by atoms with van der Waals surface area (Å²) in [7, 11) is -3.02. The zero-order chi connectivity index (χ0) is 17.2. The first-order valence-electron chi connectivity index (χ1n) is 7.96. The van der Waals surface area contributed by atoms with Crippen LogP contribution in [0.5, 0.6) is 5.75 Å². The maximum absolute atomic E-state index is 12.5. The van der Waals surface area contributed by atoms with Gasteiger partial charge in [-0.25, -0.2) is 8.42 Å². The van der Waals surface area contributed by atoms with Crippen molar-refractivity contribution >= 4 is 26.6 Å². The van der Waals surface area contributed by atoms with Crippen molar-refractivity contribution in [1.82, 2.24) is 9.88 Å². The van der Waals surface area contributed by atoms with Gasteiger partial charge in [0, 0.05) is 24.2 Å². The van der Waals surface area contributed by atoms with Crippen LogP contribution in [0.2, 0.25) is 0 Å². The number of sulfone groups is 1. The van der Waals surface area contributed by atoms with Crippen molar-refractivity contribution in [3.05, 3.63) is 36.5 Å². The van der Waals surface area contributed by atoms with E-state index in [1.54, 1.807) is 17.2 Å². The molecule has 0 unspecified atom stereocenters. The predicted octanol–water partition coefficient (Wildman–Crippen LogP) is 1.65. The molecule has 0 N–H and O–H groups in total. The minimum Gasteiger partial charge on any atom is -0.481 e. The summed E-state index contributed by atoms with van der Waals surface area (Å²) < 4.78 is 28.9. The summed E-state index contributed by atoms with van der Waals surface area (Å²) in [6.45, 7) is 2.19. The summed E-state index contributed by atoms with van der Waals surface area (Å²) in [6, 6.07) is 9.08. The van der Waals surface area contributed by atoms with Crippen LogP contribution in [0.4, 0.5) is 0 Å². The number of hydrogen-bond acceptors (Lipinski definition) is 5. The minimum absolute atomic E-state index is 0.0441. The first kappa shape index (κ1) is 16.7. The lowest BCUT2D eigenvalue weighted by Crippen LogP contribution is -2.43. The normalized spacial score (nSPS) is 19.3. The Hall–Kier alpha value is -2.15. The van der Waals surface area contributed by atoms with Crippen LogP contribution in [0.1, 0.15) is 13.3 Å². The van der Waals surface area contributed by atoms with E-state index >= 15 is 0 Å². The zero-order valence-electron chi connectivity index (χ0n) is 13.5. The number of nitrogens with zero attached hydrogens (tertiary/aromatic N) is 2. The predicted molar refractivity (Wildman–Crippen MR) is 91.7 cm³/mol. The first-order valence-corrected chi connectivity index (χ1v) is 9.79. The lowest BCUT2D eigenvalue weighted by atomic mass is 10.2. The molecule has 2 heterocycles. The smallest absolute Gasteiger partial charge is 0.260 e. The van der Waals surface area contributed by atoms with E-state index in [1.165, 1.54) is 0 Å². The van der Waals surface area contributed by atoms with Gasteiger partial charge in [-0.05, 0) is 25.5 Å². The highest BCUT2D eigenvalue weighted by Gasteiger charge is 2.33. The molecule has 1 aromatic carbocycles. The number of para-hydroxylation sites is 1. The molecule has 7 heteroatoms. The molecule has 1 saturated heterocycles. The quantitative estimate of drug-likeness (QED) is 0.821. The number of carbonyl (C=O) groups excluding carboxylic acids is 1. The van der Waals surface area contributed by atoms with Crippen molar-refractivity contribution in [2.75, 3.05) is 24.7 Å². The summed E-state index contributed by atoms with van der Waals surface area (Å²) in [5.74, 6) is 0.543. The average molecular weight is 348 g/mol. The lowest BCUT2D eigenvalue weighted by Gasteiger charge is -2.26. The number of fused-ring (bicyclic) bond motifs is 1. The Bertz CT molecular complexity index is 845. The van der Waals surface area contributed by atoms with Crippen molar-refractivity contribution in [2.24, 2.45) is 0 Å². The highest BCUT2D eigenvalue weighted by Crippen LogP contribution is 2.23. The van der Waals surface area contributed by atoms with E-state index in [4.69, 9.17) is 4.74 Å². The highest BCUT2D eigenvalue weighted by molar-refractivity contribution is 7.91. The van der Waals surface area contributed by atoms with Crippen LogP contribution >= 0.6 is 0 Å². The number of benzene rings is 1. The zero-order valence-corrected chi connectivity index (χ0v) is 14.3. The number of rotatable bonds is 5. The molecular weight excluding hydrogens is 328 g/mol. The second-order valence-electron chi connectivity index (χ2n) is 5.86. The van der Waals surface area contributed by atoms with Gasteiger partial charge in [-0.2, -0.15) is 0 Å². The van der Waals surface area contributed by atoms with Crippen molar-refractivity contribution in [2.45, 2.75) is 19.4 Å². The van der Waals surface area contributed by atoms with Crippen molar-refractivity contribution in [1.29, 1.82) is 0 Å². The second kappa shape index (κ2) is 6.76. The van der Waals surface area contributed by atoms with E-state index in [2.05, 4.69) is 4.98 Å². The summed E-state index contributed by atoms with van der Waals surface area (Å²) >= 11 is 0. The molecule has 1 aliphatic rings. The van der Waals surface area contributed by atoms with Crippen LogP contribution in [-0.2, 0) is 14.6 Å². The third-order valence-electron chi connectivity index (χ3n) is 4.26. The molecule has 0 aliphatic carbocycles. The van der Waals surface area contributed by atoms with Gasteiger partial charge < -0.3 is 9.64 Å². The molecule has 6 nitrogen and oxygen atoms in total. The van der Waals surface area contributed by atoms with E-state index in [0.29, 0.717) is 24.2 Å². The van der Waals surface area contributed by atoms with E-state index in [1.807, 2.05) is 31.2 Å². The van der Waals surface area contributed by atoms with Gasteiger partial charge in [0.2, 0.25) is 0 Å². The van der Waals surface area contributed by atoms with Gasteiger partial charge in [-0.15, -0.1) is 0 Å². The van der Waals surface area contributed by atoms with E-state index < -0.39 is 9.84 Å². The molecule has 128 valence electrons. The van der Waals surface area contributed by atoms with E-state index in [9.17, 15) is 13.2 Å². The summed E-state index contributed by atoms with van der Waals surface area (Å²) in [5.41, 5.74) is 0.708. The molecule has 1 aliphatic heterocycles. The number of carbonyl (C=O) groups is 1. The molecule has 0 bridgehead atoms. The van der Waals surface area contributed by atoms with Gasteiger partial charge in [0.25, 0.3) is 5.91 Å². The number of aromatic nitrogens is 1. The molecular formula is C17H20N2O4S.